The molecule has 11 heavy (non-hydrogen) atoms. The van der Waals surface area contributed by atoms with Crippen LogP contribution >= 0.6 is 0 Å². The molecule has 0 saturated carbocycles. The number of allylic oxidation sites excluding steroid dienone is 7. The molecule has 0 nitrogen and oxygen atoms in total. The second-order valence-corrected chi connectivity index (χ2v) is 3.09. The van der Waals surface area contributed by atoms with Crippen molar-refractivity contribution in [2.24, 2.45) is 0 Å². The molecule has 0 unspecified atom stereocenters. The van der Waals surface area contributed by atoms with E-state index in [0.717, 1.165) is 0 Å². The van der Waals surface area contributed by atoms with Gasteiger partial charge in [-0.3, -0.25) is 0 Å². The van der Waals surface area contributed by atoms with Crippen molar-refractivity contribution in [3.8, 4) is 0 Å². The van der Waals surface area contributed by atoms with Gasteiger partial charge in [-0.15, -0.1) is 0 Å². The lowest BCUT2D eigenvalue weighted by Crippen LogP contribution is -1.92. The highest BCUT2D eigenvalue weighted by Crippen LogP contribution is 2.31. The Morgan fingerprint density at radius 3 is 3.09 bits per heavy atom. The summed E-state index contributed by atoms with van der Waals surface area (Å²) in [5.74, 6) is 0. The van der Waals surface area contributed by atoms with Crippen molar-refractivity contribution in [2.75, 3.05) is 0 Å². The first kappa shape index (κ1) is 6.66. The van der Waals surface area contributed by atoms with Gasteiger partial charge in [-0.1, -0.05) is 36.5 Å². The predicted octanol–water partition coefficient (Wildman–Crippen LogP) is 3.15. The van der Waals surface area contributed by atoms with Crippen LogP contribution in [-0.4, -0.2) is 0 Å². The van der Waals surface area contributed by atoms with Crippen LogP contribution in [0.2, 0.25) is 0 Å². The maximum absolute atomic E-state index is 3.78. The summed E-state index contributed by atoms with van der Waals surface area (Å²) in [6.07, 6.45) is 12.3. The van der Waals surface area contributed by atoms with E-state index in [0.29, 0.717) is 0 Å². The summed E-state index contributed by atoms with van der Waals surface area (Å²) in [7, 11) is 0. The molecule has 56 valence electrons. The number of hydrogen-bond donors (Lipinski definition) is 0. The molecule has 0 bridgehead atoms. The van der Waals surface area contributed by atoms with Crippen molar-refractivity contribution in [1.29, 1.82) is 0 Å². The summed E-state index contributed by atoms with van der Waals surface area (Å²) < 4.78 is 0. The summed E-state index contributed by atoms with van der Waals surface area (Å²) in [6.45, 7) is 3.78. The molecule has 2 rings (SSSR count). The van der Waals surface area contributed by atoms with Gasteiger partial charge in [0, 0.05) is 0 Å². The zero-order chi connectivity index (χ0) is 7.68. The van der Waals surface area contributed by atoms with Crippen LogP contribution in [0.15, 0.2) is 47.6 Å². The van der Waals surface area contributed by atoms with Gasteiger partial charge in [-0.25, -0.2) is 0 Å². The molecule has 0 heteroatoms. The van der Waals surface area contributed by atoms with Gasteiger partial charge < -0.3 is 0 Å². The third-order valence-corrected chi connectivity index (χ3v) is 2.39. The molecule has 0 radical (unpaired) electrons. The maximum Gasteiger partial charge on any atom is -0.0126 e. The second-order valence-electron chi connectivity index (χ2n) is 3.09. The van der Waals surface area contributed by atoms with E-state index in [1.165, 1.54) is 30.4 Å². The lowest BCUT2D eigenvalue weighted by molar-refractivity contribution is 0.898. The van der Waals surface area contributed by atoms with Crippen molar-refractivity contribution < 1.29 is 0 Å². The lowest BCUT2D eigenvalue weighted by Gasteiger charge is -2.11. The van der Waals surface area contributed by atoms with E-state index >= 15 is 0 Å². The molecule has 2 aliphatic carbocycles. The van der Waals surface area contributed by atoms with Gasteiger partial charge in [0.1, 0.15) is 0 Å². The molecule has 0 aromatic rings. The average molecular weight is 144 g/mol. The third kappa shape index (κ3) is 1.09. The highest BCUT2D eigenvalue weighted by Gasteiger charge is 2.11. The standard InChI is InChI=1S/C11H12/c1-2-9-6-7-10-4-3-5-11(10)8-9/h2-3,5,8H,1,4,6-7H2. The Labute approximate surface area is 67.6 Å². The van der Waals surface area contributed by atoms with Gasteiger partial charge in [0.15, 0.2) is 0 Å². The van der Waals surface area contributed by atoms with Crippen molar-refractivity contribution in [3.05, 3.63) is 47.6 Å². The molecular weight excluding hydrogens is 132 g/mol. The Kier molecular flexibility index (Phi) is 1.54. The topological polar surface area (TPSA) is 0 Å². The van der Waals surface area contributed by atoms with Gasteiger partial charge in [0.2, 0.25) is 0 Å². The summed E-state index contributed by atoms with van der Waals surface area (Å²) >= 11 is 0. The molecule has 0 fully saturated rings. The van der Waals surface area contributed by atoms with Gasteiger partial charge in [-0.05, 0) is 30.4 Å². The molecular formula is C11H12. The normalized spacial score (nSPS) is 21.6. The lowest BCUT2D eigenvalue weighted by atomic mass is 9.94. The van der Waals surface area contributed by atoms with Crippen LogP contribution in [0.25, 0.3) is 0 Å². The van der Waals surface area contributed by atoms with E-state index in [2.05, 4.69) is 24.8 Å². The molecule has 0 amide bonds. The summed E-state index contributed by atoms with van der Waals surface area (Å²) in [4.78, 5) is 0. The molecule has 0 N–H and O–H groups in total. The molecule has 0 saturated heterocycles. The fourth-order valence-corrected chi connectivity index (χ4v) is 1.69. The molecule has 0 aromatic carbocycles. The smallest absolute Gasteiger partial charge is 0.0126 e. The Hall–Kier alpha value is -1.04. The van der Waals surface area contributed by atoms with E-state index in [1.807, 2.05) is 6.08 Å². The Bertz CT molecular complexity index is 274. The SMILES string of the molecule is C=CC1=CC2=C(CC=C2)CC1. The van der Waals surface area contributed by atoms with E-state index in [1.54, 1.807) is 5.57 Å². The highest BCUT2D eigenvalue weighted by molar-refractivity contribution is 5.47. The molecule has 0 aliphatic heterocycles. The molecule has 0 atom stereocenters. The minimum Gasteiger partial charge on any atom is -0.0988 e. The first-order chi connectivity index (χ1) is 5.40. The van der Waals surface area contributed by atoms with E-state index in [-0.39, 0.29) is 0 Å². The quantitative estimate of drug-likeness (QED) is 0.530. The van der Waals surface area contributed by atoms with Crippen LogP contribution < -0.4 is 0 Å². The summed E-state index contributed by atoms with van der Waals surface area (Å²) in [6, 6.07) is 0. The first-order valence-corrected chi connectivity index (χ1v) is 4.12. The Morgan fingerprint density at radius 1 is 1.36 bits per heavy atom. The van der Waals surface area contributed by atoms with Crippen LogP contribution in [0.1, 0.15) is 19.3 Å². The maximum atomic E-state index is 3.78. The van der Waals surface area contributed by atoms with Crippen LogP contribution in [-0.2, 0) is 0 Å². The van der Waals surface area contributed by atoms with Gasteiger partial charge >= 0.3 is 0 Å². The summed E-state index contributed by atoms with van der Waals surface area (Å²) in [5.41, 5.74) is 4.43. The third-order valence-electron chi connectivity index (χ3n) is 2.39. The van der Waals surface area contributed by atoms with Crippen LogP contribution in [0.5, 0.6) is 0 Å². The van der Waals surface area contributed by atoms with Crippen molar-refractivity contribution in [2.45, 2.75) is 19.3 Å². The van der Waals surface area contributed by atoms with Gasteiger partial charge in [-0.2, -0.15) is 0 Å². The number of rotatable bonds is 1. The number of hydrogen-bond acceptors (Lipinski definition) is 0. The van der Waals surface area contributed by atoms with Gasteiger partial charge in [0.25, 0.3) is 0 Å². The second kappa shape index (κ2) is 2.54. The highest BCUT2D eigenvalue weighted by atomic mass is 14.2. The largest absolute Gasteiger partial charge is 0.0988 e. The minimum atomic E-state index is 1.18. The predicted molar refractivity (Wildman–Crippen MR) is 48.3 cm³/mol. The zero-order valence-electron chi connectivity index (χ0n) is 6.64. The van der Waals surface area contributed by atoms with E-state index in [4.69, 9.17) is 0 Å². The molecule has 0 heterocycles. The fraction of sp³-hybridized carbons (Fsp3) is 0.273. The molecule has 0 aromatic heterocycles. The molecule has 0 spiro atoms. The van der Waals surface area contributed by atoms with Crippen LogP contribution in [0, 0.1) is 0 Å². The fourth-order valence-electron chi connectivity index (χ4n) is 1.69. The average Bonchev–Trinajstić information content (AvgIpc) is 2.50. The zero-order valence-corrected chi connectivity index (χ0v) is 6.64. The van der Waals surface area contributed by atoms with E-state index < -0.39 is 0 Å². The first-order valence-electron chi connectivity index (χ1n) is 4.12. The van der Waals surface area contributed by atoms with Crippen molar-refractivity contribution in [1.82, 2.24) is 0 Å². The monoisotopic (exact) mass is 144 g/mol. The minimum absolute atomic E-state index is 1.18. The van der Waals surface area contributed by atoms with Crippen molar-refractivity contribution >= 4 is 0 Å². The Morgan fingerprint density at radius 2 is 2.27 bits per heavy atom. The molecule has 2 aliphatic rings. The van der Waals surface area contributed by atoms with Crippen LogP contribution in [0.3, 0.4) is 0 Å². The Balaban J connectivity index is 2.33. The van der Waals surface area contributed by atoms with Gasteiger partial charge in [0.05, 0.1) is 0 Å². The summed E-state index contributed by atoms with van der Waals surface area (Å²) in [5, 5.41) is 0. The van der Waals surface area contributed by atoms with Crippen LogP contribution in [0.4, 0.5) is 0 Å². The van der Waals surface area contributed by atoms with E-state index in [9.17, 15) is 0 Å². The van der Waals surface area contributed by atoms with Crippen molar-refractivity contribution in [3.63, 3.8) is 0 Å².